The Hall–Kier alpha value is -2.88. The molecular formula is C20H21N3O. The van der Waals surface area contributed by atoms with Crippen molar-refractivity contribution in [3.05, 3.63) is 83.4 Å². The largest absolute Gasteiger partial charge is 0.352 e. The molecule has 0 fully saturated rings. The SMILES string of the molecule is Cc1ccccc1CC(=O)NCc1ccc(-n2ccnc2C)cc1. The van der Waals surface area contributed by atoms with Crippen LogP contribution < -0.4 is 5.32 Å². The molecule has 0 atom stereocenters. The molecule has 1 amide bonds. The molecule has 4 heteroatoms. The van der Waals surface area contributed by atoms with Crippen LogP contribution in [-0.4, -0.2) is 15.5 Å². The van der Waals surface area contributed by atoms with Crippen LogP contribution >= 0.6 is 0 Å². The van der Waals surface area contributed by atoms with Crippen LogP contribution in [0.1, 0.15) is 22.5 Å². The zero-order valence-electron chi connectivity index (χ0n) is 14.0. The molecule has 122 valence electrons. The molecule has 1 N–H and O–H groups in total. The van der Waals surface area contributed by atoms with Crippen LogP contribution in [0.3, 0.4) is 0 Å². The summed E-state index contributed by atoms with van der Waals surface area (Å²) in [4.78, 5) is 16.3. The van der Waals surface area contributed by atoms with Crippen LogP contribution in [-0.2, 0) is 17.8 Å². The van der Waals surface area contributed by atoms with E-state index in [1.807, 2.05) is 73.1 Å². The Balaban J connectivity index is 1.58. The molecule has 0 aliphatic heterocycles. The highest BCUT2D eigenvalue weighted by atomic mass is 16.1. The van der Waals surface area contributed by atoms with Gasteiger partial charge in [-0.3, -0.25) is 4.79 Å². The second-order valence-electron chi connectivity index (χ2n) is 5.89. The number of hydrogen-bond donors (Lipinski definition) is 1. The van der Waals surface area contributed by atoms with Gasteiger partial charge in [0.15, 0.2) is 0 Å². The Kier molecular flexibility index (Phi) is 4.75. The number of aromatic nitrogens is 2. The van der Waals surface area contributed by atoms with Crippen molar-refractivity contribution in [2.75, 3.05) is 0 Å². The van der Waals surface area contributed by atoms with Crippen LogP contribution in [0.4, 0.5) is 0 Å². The summed E-state index contributed by atoms with van der Waals surface area (Å²) < 4.78 is 2.03. The van der Waals surface area contributed by atoms with Crippen molar-refractivity contribution in [1.29, 1.82) is 0 Å². The van der Waals surface area contributed by atoms with Gasteiger partial charge in [0, 0.05) is 24.6 Å². The highest BCUT2D eigenvalue weighted by Crippen LogP contribution is 2.12. The Labute approximate surface area is 142 Å². The third-order valence-corrected chi connectivity index (χ3v) is 4.14. The maximum Gasteiger partial charge on any atom is 0.224 e. The molecule has 0 unspecified atom stereocenters. The van der Waals surface area contributed by atoms with E-state index in [1.165, 1.54) is 0 Å². The molecule has 3 aromatic rings. The number of carbonyl (C=O) groups excluding carboxylic acids is 1. The molecule has 24 heavy (non-hydrogen) atoms. The van der Waals surface area contributed by atoms with E-state index >= 15 is 0 Å². The number of rotatable bonds is 5. The second-order valence-corrected chi connectivity index (χ2v) is 5.89. The summed E-state index contributed by atoms with van der Waals surface area (Å²) in [5.74, 6) is 0.994. The highest BCUT2D eigenvalue weighted by Gasteiger charge is 2.06. The van der Waals surface area contributed by atoms with Gasteiger partial charge in [0.05, 0.1) is 6.42 Å². The normalized spacial score (nSPS) is 10.6. The average molecular weight is 319 g/mol. The Bertz CT molecular complexity index is 834. The summed E-state index contributed by atoms with van der Waals surface area (Å²) in [6, 6.07) is 16.1. The first-order valence-electron chi connectivity index (χ1n) is 8.04. The second kappa shape index (κ2) is 7.13. The topological polar surface area (TPSA) is 46.9 Å². The smallest absolute Gasteiger partial charge is 0.224 e. The molecule has 0 spiro atoms. The van der Waals surface area contributed by atoms with Crippen molar-refractivity contribution in [3.8, 4) is 5.69 Å². The highest BCUT2D eigenvalue weighted by molar-refractivity contribution is 5.78. The van der Waals surface area contributed by atoms with Crippen LogP contribution in [0.2, 0.25) is 0 Å². The minimum Gasteiger partial charge on any atom is -0.352 e. The molecule has 1 aromatic heterocycles. The standard InChI is InChI=1S/C20H21N3O/c1-15-5-3-4-6-18(15)13-20(24)22-14-17-7-9-19(10-8-17)23-12-11-21-16(23)2/h3-12H,13-14H2,1-2H3,(H,22,24). The summed E-state index contributed by atoms with van der Waals surface area (Å²) >= 11 is 0. The van der Waals surface area contributed by atoms with Gasteiger partial charge in [0.1, 0.15) is 5.82 Å². The number of nitrogens with one attached hydrogen (secondary N) is 1. The number of benzene rings is 2. The summed E-state index contributed by atoms with van der Waals surface area (Å²) in [6.45, 7) is 4.53. The summed E-state index contributed by atoms with van der Waals surface area (Å²) in [5.41, 5.74) is 4.36. The molecule has 0 aliphatic rings. The third-order valence-electron chi connectivity index (χ3n) is 4.14. The van der Waals surface area contributed by atoms with Gasteiger partial charge in [-0.25, -0.2) is 4.98 Å². The van der Waals surface area contributed by atoms with E-state index in [-0.39, 0.29) is 5.91 Å². The molecule has 0 radical (unpaired) electrons. The van der Waals surface area contributed by atoms with E-state index in [9.17, 15) is 4.79 Å². The van der Waals surface area contributed by atoms with Crippen LogP contribution in [0, 0.1) is 13.8 Å². The molecule has 2 aromatic carbocycles. The summed E-state index contributed by atoms with van der Waals surface area (Å²) in [7, 11) is 0. The zero-order valence-corrected chi connectivity index (χ0v) is 14.0. The monoisotopic (exact) mass is 319 g/mol. The lowest BCUT2D eigenvalue weighted by molar-refractivity contribution is -0.120. The predicted octanol–water partition coefficient (Wildman–Crippen LogP) is 3.35. The quantitative estimate of drug-likeness (QED) is 0.784. The minimum absolute atomic E-state index is 0.0406. The number of imidazole rings is 1. The van der Waals surface area contributed by atoms with Crippen molar-refractivity contribution in [2.24, 2.45) is 0 Å². The molecule has 3 rings (SSSR count). The van der Waals surface area contributed by atoms with Gasteiger partial charge in [0.2, 0.25) is 5.91 Å². The van der Waals surface area contributed by atoms with Crippen molar-refractivity contribution in [1.82, 2.24) is 14.9 Å². The van der Waals surface area contributed by atoms with E-state index in [4.69, 9.17) is 0 Å². The first-order chi connectivity index (χ1) is 11.6. The fourth-order valence-corrected chi connectivity index (χ4v) is 2.67. The fraction of sp³-hybridized carbons (Fsp3) is 0.200. The number of hydrogen-bond acceptors (Lipinski definition) is 2. The number of aryl methyl sites for hydroxylation is 2. The maximum absolute atomic E-state index is 12.1. The zero-order chi connectivity index (χ0) is 16.9. The molecule has 0 bridgehead atoms. The molecule has 0 saturated heterocycles. The molecule has 1 heterocycles. The van der Waals surface area contributed by atoms with E-state index in [0.29, 0.717) is 13.0 Å². The van der Waals surface area contributed by atoms with Gasteiger partial charge in [-0.2, -0.15) is 0 Å². The Morgan fingerprint density at radius 3 is 2.50 bits per heavy atom. The van der Waals surface area contributed by atoms with E-state index in [0.717, 1.165) is 28.2 Å². The van der Waals surface area contributed by atoms with Crippen LogP contribution in [0.25, 0.3) is 5.69 Å². The van der Waals surface area contributed by atoms with Crippen molar-refractivity contribution >= 4 is 5.91 Å². The molecule has 0 aliphatic carbocycles. The lowest BCUT2D eigenvalue weighted by atomic mass is 10.1. The lowest BCUT2D eigenvalue weighted by Crippen LogP contribution is -2.24. The summed E-state index contributed by atoms with van der Waals surface area (Å²) in [6.07, 6.45) is 4.14. The predicted molar refractivity (Wildman–Crippen MR) is 95.0 cm³/mol. The summed E-state index contributed by atoms with van der Waals surface area (Å²) in [5, 5.41) is 2.98. The van der Waals surface area contributed by atoms with Gasteiger partial charge >= 0.3 is 0 Å². The first kappa shape index (κ1) is 16.0. The molecule has 0 saturated carbocycles. The van der Waals surface area contributed by atoms with E-state index in [1.54, 1.807) is 6.20 Å². The number of nitrogens with zero attached hydrogens (tertiary/aromatic N) is 2. The van der Waals surface area contributed by atoms with Crippen molar-refractivity contribution in [3.63, 3.8) is 0 Å². The van der Waals surface area contributed by atoms with Crippen LogP contribution in [0.5, 0.6) is 0 Å². The fourth-order valence-electron chi connectivity index (χ4n) is 2.67. The Morgan fingerprint density at radius 2 is 1.83 bits per heavy atom. The molecule has 4 nitrogen and oxygen atoms in total. The lowest BCUT2D eigenvalue weighted by Gasteiger charge is -2.09. The minimum atomic E-state index is 0.0406. The maximum atomic E-state index is 12.1. The van der Waals surface area contributed by atoms with Crippen molar-refractivity contribution < 1.29 is 4.79 Å². The van der Waals surface area contributed by atoms with E-state index < -0.39 is 0 Å². The van der Waals surface area contributed by atoms with Gasteiger partial charge in [-0.05, 0) is 42.7 Å². The average Bonchev–Trinajstić information content (AvgIpc) is 3.02. The van der Waals surface area contributed by atoms with Gasteiger partial charge in [-0.15, -0.1) is 0 Å². The number of carbonyl (C=O) groups is 1. The van der Waals surface area contributed by atoms with Crippen LogP contribution in [0.15, 0.2) is 60.9 Å². The van der Waals surface area contributed by atoms with Gasteiger partial charge in [-0.1, -0.05) is 36.4 Å². The van der Waals surface area contributed by atoms with E-state index in [2.05, 4.69) is 10.3 Å². The van der Waals surface area contributed by atoms with Gasteiger partial charge in [0.25, 0.3) is 0 Å². The third kappa shape index (κ3) is 3.71. The first-order valence-corrected chi connectivity index (χ1v) is 8.04. The number of amides is 1. The van der Waals surface area contributed by atoms with Crippen molar-refractivity contribution in [2.45, 2.75) is 26.8 Å². The Morgan fingerprint density at radius 1 is 1.08 bits per heavy atom. The van der Waals surface area contributed by atoms with Gasteiger partial charge < -0.3 is 9.88 Å². The molecular weight excluding hydrogens is 298 g/mol.